The first-order chi connectivity index (χ1) is 9.86. The van der Waals surface area contributed by atoms with E-state index in [4.69, 9.17) is 23.2 Å². The van der Waals surface area contributed by atoms with Crippen LogP contribution >= 0.6 is 39.1 Å². The molecule has 118 valence electrons. The van der Waals surface area contributed by atoms with Gasteiger partial charge in [0.05, 0.1) is 10.0 Å². The third-order valence-electron chi connectivity index (χ3n) is 3.54. The number of piperidine rings is 1. The molecule has 1 aliphatic heterocycles. The number of hydrogen-bond acceptors (Lipinski definition) is 3. The summed E-state index contributed by atoms with van der Waals surface area (Å²) < 4.78 is 27.8. The van der Waals surface area contributed by atoms with Crippen molar-refractivity contribution in [1.82, 2.24) is 9.62 Å². The van der Waals surface area contributed by atoms with Crippen molar-refractivity contribution in [3.8, 4) is 0 Å². The van der Waals surface area contributed by atoms with Crippen LogP contribution in [0.2, 0.25) is 10.0 Å². The average Bonchev–Trinajstić information content (AvgIpc) is 2.37. The lowest BCUT2D eigenvalue weighted by Gasteiger charge is -2.32. The van der Waals surface area contributed by atoms with Crippen molar-refractivity contribution >= 4 is 49.2 Å². The van der Waals surface area contributed by atoms with Gasteiger partial charge in [0, 0.05) is 17.6 Å². The van der Waals surface area contributed by atoms with Crippen LogP contribution in [0.1, 0.15) is 12.8 Å². The number of benzene rings is 1. The van der Waals surface area contributed by atoms with Gasteiger partial charge in [-0.05, 0) is 44.5 Å². The first-order valence-electron chi connectivity index (χ1n) is 6.65. The van der Waals surface area contributed by atoms with Crippen LogP contribution < -0.4 is 5.32 Å². The van der Waals surface area contributed by atoms with Gasteiger partial charge in [0.25, 0.3) is 0 Å². The van der Waals surface area contributed by atoms with Crippen molar-refractivity contribution in [3.05, 3.63) is 26.7 Å². The predicted molar refractivity (Wildman–Crippen MR) is 89.6 cm³/mol. The number of sulfonamides is 1. The maximum atomic E-state index is 12.8. The summed E-state index contributed by atoms with van der Waals surface area (Å²) >= 11 is 15.5. The molecular weight excluding hydrogens is 399 g/mol. The Morgan fingerprint density at radius 2 is 2.00 bits per heavy atom. The van der Waals surface area contributed by atoms with E-state index in [1.807, 2.05) is 7.05 Å². The lowest BCUT2D eigenvalue weighted by Crippen LogP contribution is -2.42. The summed E-state index contributed by atoms with van der Waals surface area (Å²) in [4.78, 5) is -0.000795. The summed E-state index contributed by atoms with van der Waals surface area (Å²) in [5.41, 5.74) is 0. The lowest BCUT2D eigenvalue weighted by molar-refractivity contribution is 0.263. The molecule has 1 atom stereocenters. The number of nitrogens with zero attached hydrogens (tertiary/aromatic N) is 1. The van der Waals surface area contributed by atoms with E-state index in [9.17, 15) is 8.42 Å². The second-order valence-electron chi connectivity index (χ2n) is 5.13. The fourth-order valence-corrected chi connectivity index (χ4v) is 6.04. The fraction of sp³-hybridized carbons (Fsp3) is 0.538. The van der Waals surface area contributed by atoms with E-state index in [0.717, 1.165) is 19.4 Å². The Balaban J connectivity index is 2.34. The first kappa shape index (κ1) is 17.5. The van der Waals surface area contributed by atoms with Gasteiger partial charge < -0.3 is 5.32 Å². The molecule has 1 aromatic rings. The van der Waals surface area contributed by atoms with E-state index in [-0.39, 0.29) is 14.9 Å². The molecule has 2 rings (SSSR count). The number of halogens is 3. The maximum absolute atomic E-state index is 12.8. The summed E-state index contributed by atoms with van der Waals surface area (Å²) in [7, 11) is -1.80. The average molecular weight is 416 g/mol. The Kier molecular flexibility index (Phi) is 5.96. The van der Waals surface area contributed by atoms with E-state index < -0.39 is 10.0 Å². The molecule has 0 spiro atoms. The molecule has 1 aliphatic rings. The zero-order chi connectivity index (χ0) is 15.6. The highest BCUT2D eigenvalue weighted by atomic mass is 79.9. The minimum atomic E-state index is -3.67. The van der Waals surface area contributed by atoms with E-state index in [1.165, 1.54) is 4.31 Å². The van der Waals surface area contributed by atoms with Gasteiger partial charge >= 0.3 is 0 Å². The van der Waals surface area contributed by atoms with Crippen molar-refractivity contribution in [2.75, 3.05) is 26.7 Å². The number of rotatable bonds is 4. The molecule has 0 bridgehead atoms. The van der Waals surface area contributed by atoms with Crippen molar-refractivity contribution in [2.24, 2.45) is 5.92 Å². The van der Waals surface area contributed by atoms with Gasteiger partial charge in [-0.3, -0.25) is 0 Å². The first-order valence-corrected chi connectivity index (χ1v) is 9.64. The highest BCUT2D eigenvalue weighted by Gasteiger charge is 2.33. The van der Waals surface area contributed by atoms with Crippen molar-refractivity contribution in [2.45, 2.75) is 17.7 Å². The molecule has 1 fully saturated rings. The summed E-state index contributed by atoms with van der Waals surface area (Å²) in [6.07, 6.45) is 1.87. The molecule has 1 aromatic carbocycles. The zero-order valence-electron chi connectivity index (χ0n) is 11.6. The third kappa shape index (κ3) is 3.92. The molecule has 0 aromatic heterocycles. The monoisotopic (exact) mass is 414 g/mol. The molecule has 4 nitrogen and oxygen atoms in total. The summed E-state index contributed by atoms with van der Waals surface area (Å²) in [6.45, 7) is 1.80. The quantitative estimate of drug-likeness (QED) is 0.819. The normalized spacial score (nSPS) is 20.7. The van der Waals surface area contributed by atoms with Gasteiger partial charge in [-0.2, -0.15) is 4.31 Å². The minimum Gasteiger partial charge on any atom is -0.319 e. The van der Waals surface area contributed by atoms with E-state index in [0.29, 0.717) is 23.5 Å². The molecule has 1 N–H and O–H groups in total. The largest absolute Gasteiger partial charge is 0.319 e. The van der Waals surface area contributed by atoms with Gasteiger partial charge in [0.15, 0.2) is 0 Å². The highest BCUT2D eigenvalue weighted by Crippen LogP contribution is 2.35. The van der Waals surface area contributed by atoms with Crippen LogP contribution in [0.3, 0.4) is 0 Å². The van der Waals surface area contributed by atoms with Crippen LogP contribution in [-0.2, 0) is 10.0 Å². The smallest absolute Gasteiger partial charge is 0.246 e. The summed E-state index contributed by atoms with van der Waals surface area (Å²) in [5.74, 6) is 0.312. The molecule has 0 aliphatic carbocycles. The highest BCUT2D eigenvalue weighted by molar-refractivity contribution is 9.10. The van der Waals surface area contributed by atoms with Gasteiger partial charge in [0.2, 0.25) is 10.0 Å². The fourth-order valence-electron chi connectivity index (χ4n) is 2.60. The van der Waals surface area contributed by atoms with Crippen molar-refractivity contribution in [1.29, 1.82) is 0 Å². The maximum Gasteiger partial charge on any atom is 0.246 e. The molecule has 0 radical (unpaired) electrons. The lowest BCUT2D eigenvalue weighted by atomic mass is 10.00. The topological polar surface area (TPSA) is 49.4 Å². The van der Waals surface area contributed by atoms with Crippen molar-refractivity contribution in [3.63, 3.8) is 0 Å². The zero-order valence-corrected chi connectivity index (χ0v) is 15.5. The third-order valence-corrected chi connectivity index (χ3v) is 6.78. The molecule has 1 saturated heterocycles. The Morgan fingerprint density at radius 1 is 1.38 bits per heavy atom. The van der Waals surface area contributed by atoms with Gasteiger partial charge in [0.1, 0.15) is 4.90 Å². The van der Waals surface area contributed by atoms with Crippen LogP contribution in [-0.4, -0.2) is 39.4 Å². The molecule has 1 unspecified atom stereocenters. The van der Waals surface area contributed by atoms with Gasteiger partial charge in [-0.25, -0.2) is 8.42 Å². The summed E-state index contributed by atoms with van der Waals surface area (Å²) in [5, 5.41) is 3.39. The molecule has 0 saturated carbocycles. The van der Waals surface area contributed by atoms with Crippen molar-refractivity contribution < 1.29 is 8.42 Å². The Labute approximate surface area is 144 Å². The Bertz CT molecular complexity index is 600. The minimum absolute atomic E-state index is 0.000795. The molecule has 0 amide bonds. The molecule has 1 heterocycles. The molecule has 8 heteroatoms. The second kappa shape index (κ2) is 7.15. The Morgan fingerprint density at radius 3 is 2.57 bits per heavy atom. The van der Waals surface area contributed by atoms with Crippen LogP contribution in [0.25, 0.3) is 0 Å². The van der Waals surface area contributed by atoms with E-state index in [1.54, 1.807) is 12.1 Å². The second-order valence-corrected chi connectivity index (χ2v) is 8.73. The van der Waals surface area contributed by atoms with Crippen LogP contribution in [0.5, 0.6) is 0 Å². The van der Waals surface area contributed by atoms with Crippen LogP contribution in [0.4, 0.5) is 0 Å². The van der Waals surface area contributed by atoms with Gasteiger partial charge in [-0.1, -0.05) is 39.1 Å². The summed E-state index contributed by atoms with van der Waals surface area (Å²) in [6, 6.07) is 3.10. The predicted octanol–water partition coefficient (Wildman–Crippen LogP) is 3.38. The number of hydrogen-bond donors (Lipinski definition) is 1. The molecule has 21 heavy (non-hydrogen) atoms. The van der Waals surface area contributed by atoms with E-state index in [2.05, 4.69) is 21.2 Å². The van der Waals surface area contributed by atoms with Crippen LogP contribution in [0.15, 0.2) is 21.5 Å². The van der Waals surface area contributed by atoms with Gasteiger partial charge in [-0.15, -0.1) is 0 Å². The molecular formula is C13H17BrCl2N2O2S. The van der Waals surface area contributed by atoms with E-state index >= 15 is 0 Å². The SMILES string of the molecule is CNCC1CCCN(S(=O)(=O)c2c(Cl)cc(Br)cc2Cl)C1. The van der Waals surface area contributed by atoms with Crippen LogP contribution in [0, 0.1) is 5.92 Å². The number of nitrogens with one attached hydrogen (secondary N) is 1. The standard InChI is InChI=1S/C13H17BrCl2N2O2S/c1-17-7-9-3-2-4-18(8-9)21(19,20)13-11(15)5-10(14)6-12(13)16/h5-6,9,17H,2-4,7-8H2,1H3. The Hall–Kier alpha value is 0.150.